The summed E-state index contributed by atoms with van der Waals surface area (Å²) in [4.78, 5) is 26.2. The molecule has 0 saturated heterocycles. The molecule has 28 heavy (non-hydrogen) atoms. The van der Waals surface area contributed by atoms with Gasteiger partial charge in [0.05, 0.1) is 11.3 Å². The maximum atomic E-state index is 13.2. The lowest BCUT2D eigenvalue weighted by molar-refractivity contribution is 0.0994. The molecule has 0 aliphatic heterocycles. The Bertz CT molecular complexity index is 1170. The zero-order valence-electron chi connectivity index (χ0n) is 15.3. The minimum atomic E-state index is -0.177. The standard InChI is InChI=1S/C25H19NO2/c26-24-21(22(27)15-17-9-3-1-4-10-17)16-19-13-7-8-14-20(19)23(24)25(28)18-11-5-2-6-12-18/h1-14,16H,15,26H2. The molecule has 2 N–H and O–H groups in total. The number of anilines is 1. The van der Waals surface area contributed by atoms with Crippen LogP contribution in [-0.4, -0.2) is 11.6 Å². The van der Waals surface area contributed by atoms with E-state index >= 15 is 0 Å². The van der Waals surface area contributed by atoms with Gasteiger partial charge in [-0.2, -0.15) is 0 Å². The summed E-state index contributed by atoms with van der Waals surface area (Å²) in [5.74, 6) is -0.278. The fraction of sp³-hybridized carbons (Fsp3) is 0.0400. The highest BCUT2D eigenvalue weighted by Gasteiger charge is 2.22. The first-order valence-corrected chi connectivity index (χ1v) is 9.13. The Morgan fingerprint density at radius 3 is 2.07 bits per heavy atom. The molecular weight excluding hydrogens is 346 g/mol. The van der Waals surface area contributed by atoms with E-state index in [1.165, 1.54) is 0 Å². The molecule has 0 saturated carbocycles. The predicted octanol–water partition coefficient (Wildman–Crippen LogP) is 5.08. The van der Waals surface area contributed by atoms with Gasteiger partial charge in [0.15, 0.2) is 11.6 Å². The van der Waals surface area contributed by atoms with Gasteiger partial charge in [0.1, 0.15) is 0 Å². The van der Waals surface area contributed by atoms with E-state index in [2.05, 4.69) is 0 Å². The van der Waals surface area contributed by atoms with E-state index in [9.17, 15) is 9.59 Å². The van der Waals surface area contributed by atoms with Crippen LogP contribution in [0, 0.1) is 0 Å². The molecule has 0 bridgehead atoms. The van der Waals surface area contributed by atoms with Crippen LogP contribution in [0.5, 0.6) is 0 Å². The molecule has 4 aromatic carbocycles. The second kappa shape index (κ2) is 7.49. The third kappa shape index (κ3) is 3.30. The van der Waals surface area contributed by atoms with Crippen LogP contribution in [-0.2, 0) is 6.42 Å². The van der Waals surface area contributed by atoms with Crippen molar-refractivity contribution < 1.29 is 9.59 Å². The number of hydrogen-bond donors (Lipinski definition) is 1. The molecule has 3 heteroatoms. The average molecular weight is 365 g/mol. The van der Waals surface area contributed by atoms with Gasteiger partial charge in [0.25, 0.3) is 0 Å². The van der Waals surface area contributed by atoms with E-state index in [1.54, 1.807) is 18.2 Å². The number of nitrogens with two attached hydrogens (primary N) is 1. The highest BCUT2D eigenvalue weighted by molar-refractivity contribution is 6.22. The topological polar surface area (TPSA) is 60.2 Å². The summed E-state index contributed by atoms with van der Waals surface area (Å²) in [6.45, 7) is 0. The molecule has 0 amide bonds. The van der Waals surface area contributed by atoms with Crippen LogP contribution in [0.3, 0.4) is 0 Å². The molecule has 0 aromatic heterocycles. The van der Waals surface area contributed by atoms with Gasteiger partial charge >= 0.3 is 0 Å². The van der Waals surface area contributed by atoms with E-state index in [0.29, 0.717) is 16.7 Å². The summed E-state index contributed by atoms with van der Waals surface area (Å²) in [6, 6.07) is 27.9. The number of hydrogen-bond acceptors (Lipinski definition) is 3. The monoisotopic (exact) mass is 365 g/mol. The van der Waals surface area contributed by atoms with E-state index in [1.807, 2.05) is 72.8 Å². The molecule has 0 unspecified atom stereocenters. The van der Waals surface area contributed by atoms with Crippen LogP contribution < -0.4 is 5.73 Å². The van der Waals surface area contributed by atoms with Gasteiger partial charge in [0.2, 0.25) is 0 Å². The minimum Gasteiger partial charge on any atom is -0.398 e. The largest absolute Gasteiger partial charge is 0.398 e. The Morgan fingerprint density at radius 2 is 1.36 bits per heavy atom. The minimum absolute atomic E-state index is 0.100. The molecule has 0 atom stereocenters. The van der Waals surface area contributed by atoms with Gasteiger partial charge in [-0.15, -0.1) is 0 Å². The van der Waals surface area contributed by atoms with Crippen LogP contribution in [0.1, 0.15) is 31.8 Å². The predicted molar refractivity (Wildman–Crippen MR) is 113 cm³/mol. The molecule has 0 heterocycles. The summed E-state index contributed by atoms with van der Waals surface area (Å²) < 4.78 is 0. The van der Waals surface area contributed by atoms with Crippen molar-refractivity contribution in [2.75, 3.05) is 5.73 Å². The summed E-state index contributed by atoms with van der Waals surface area (Å²) in [7, 11) is 0. The van der Waals surface area contributed by atoms with Crippen molar-refractivity contribution in [1.29, 1.82) is 0 Å². The Morgan fingerprint density at radius 1 is 0.750 bits per heavy atom. The lowest BCUT2D eigenvalue weighted by Crippen LogP contribution is -2.13. The number of rotatable bonds is 5. The average Bonchev–Trinajstić information content (AvgIpc) is 2.74. The number of ketones is 2. The third-order valence-corrected chi connectivity index (χ3v) is 4.86. The number of Topliss-reactive ketones (excluding diaryl/α,β-unsaturated/α-hetero) is 1. The van der Waals surface area contributed by atoms with Crippen molar-refractivity contribution in [3.8, 4) is 0 Å². The molecule has 0 aliphatic carbocycles. The second-order valence-electron chi connectivity index (χ2n) is 6.71. The summed E-state index contributed by atoms with van der Waals surface area (Å²) in [5.41, 5.74) is 8.89. The van der Waals surface area contributed by atoms with Gasteiger partial charge in [-0.25, -0.2) is 0 Å². The van der Waals surface area contributed by atoms with E-state index in [4.69, 9.17) is 5.73 Å². The Balaban J connectivity index is 1.86. The van der Waals surface area contributed by atoms with Crippen molar-refractivity contribution in [2.24, 2.45) is 0 Å². The normalized spacial score (nSPS) is 10.7. The maximum absolute atomic E-state index is 13.2. The first-order valence-electron chi connectivity index (χ1n) is 9.13. The molecule has 0 radical (unpaired) electrons. The number of nitrogen functional groups attached to an aromatic ring is 1. The number of carbonyl (C=O) groups excluding carboxylic acids is 2. The molecular formula is C25H19NO2. The third-order valence-electron chi connectivity index (χ3n) is 4.86. The number of benzene rings is 4. The molecule has 0 aliphatic rings. The fourth-order valence-electron chi connectivity index (χ4n) is 3.45. The Kier molecular flexibility index (Phi) is 4.73. The molecule has 0 fully saturated rings. The summed E-state index contributed by atoms with van der Waals surface area (Å²) in [5, 5.41) is 1.58. The van der Waals surface area contributed by atoms with Crippen molar-refractivity contribution in [3.63, 3.8) is 0 Å². The lowest BCUT2D eigenvalue weighted by atomic mass is 9.90. The van der Waals surface area contributed by atoms with E-state index in [-0.39, 0.29) is 23.7 Å². The molecule has 136 valence electrons. The molecule has 4 aromatic rings. The van der Waals surface area contributed by atoms with Gasteiger partial charge < -0.3 is 5.73 Å². The van der Waals surface area contributed by atoms with E-state index in [0.717, 1.165) is 16.3 Å². The lowest BCUT2D eigenvalue weighted by Gasteiger charge is -2.14. The zero-order valence-corrected chi connectivity index (χ0v) is 15.3. The molecule has 3 nitrogen and oxygen atoms in total. The van der Waals surface area contributed by atoms with Crippen LogP contribution in [0.25, 0.3) is 10.8 Å². The maximum Gasteiger partial charge on any atom is 0.195 e. The Hall–Kier alpha value is -3.72. The number of fused-ring (bicyclic) bond motifs is 1. The van der Waals surface area contributed by atoms with E-state index < -0.39 is 0 Å². The van der Waals surface area contributed by atoms with Crippen LogP contribution in [0.4, 0.5) is 5.69 Å². The van der Waals surface area contributed by atoms with Crippen molar-refractivity contribution in [1.82, 2.24) is 0 Å². The summed E-state index contributed by atoms with van der Waals surface area (Å²) >= 11 is 0. The van der Waals surface area contributed by atoms with Crippen molar-refractivity contribution in [2.45, 2.75) is 6.42 Å². The zero-order chi connectivity index (χ0) is 19.5. The quantitative estimate of drug-likeness (QED) is 0.396. The number of carbonyl (C=O) groups is 2. The fourth-order valence-corrected chi connectivity index (χ4v) is 3.45. The molecule has 0 spiro atoms. The van der Waals surface area contributed by atoms with Gasteiger partial charge in [-0.05, 0) is 22.4 Å². The first-order chi connectivity index (χ1) is 13.6. The van der Waals surface area contributed by atoms with Gasteiger partial charge in [-0.1, -0.05) is 84.9 Å². The SMILES string of the molecule is Nc1c(C(=O)Cc2ccccc2)cc2ccccc2c1C(=O)c1ccccc1. The van der Waals surface area contributed by atoms with Crippen LogP contribution >= 0.6 is 0 Å². The van der Waals surface area contributed by atoms with Crippen LogP contribution in [0.2, 0.25) is 0 Å². The van der Waals surface area contributed by atoms with Crippen molar-refractivity contribution in [3.05, 3.63) is 113 Å². The summed E-state index contributed by atoms with van der Waals surface area (Å²) in [6.07, 6.45) is 0.238. The first kappa shape index (κ1) is 17.7. The van der Waals surface area contributed by atoms with Gasteiger partial charge in [-0.3, -0.25) is 9.59 Å². The highest BCUT2D eigenvalue weighted by Crippen LogP contribution is 2.31. The highest BCUT2D eigenvalue weighted by atomic mass is 16.1. The molecule has 4 rings (SSSR count). The van der Waals surface area contributed by atoms with Crippen LogP contribution in [0.15, 0.2) is 91.0 Å². The van der Waals surface area contributed by atoms with Crippen molar-refractivity contribution >= 4 is 28.0 Å². The van der Waals surface area contributed by atoms with Gasteiger partial charge in [0, 0.05) is 17.5 Å². The Labute approximate surface area is 163 Å². The second-order valence-corrected chi connectivity index (χ2v) is 6.71. The smallest absolute Gasteiger partial charge is 0.195 e.